The number of carbonyl (C=O) groups excluding carboxylic acids is 2. The fourth-order valence-corrected chi connectivity index (χ4v) is 10.2. The number of nitrogens with zero attached hydrogens (tertiary/aromatic N) is 2. The van der Waals surface area contributed by atoms with Crippen molar-refractivity contribution in [1.29, 1.82) is 0 Å². The van der Waals surface area contributed by atoms with Gasteiger partial charge >= 0.3 is 0 Å². The highest BCUT2D eigenvalue weighted by molar-refractivity contribution is 6.18. The molecule has 0 radical (unpaired) electrons. The van der Waals surface area contributed by atoms with Gasteiger partial charge in [0.05, 0.1) is 71.9 Å². The Morgan fingerprint density at radius 1 is 0.733 bits per heavy atom. The zero-order chi connectivity index (χ0) is 42.9. The standard InChI is InChI=1S/C47H55ClN2O10/c1-8-34(46(51)52)49(3)19-16-30-25-39(56-6)41-27-33(30)36(49)22-28-10-13-32(14-11-28)59-40-24-29(12-15-38(40)55-5)23-37-43-31(17-20-50(37,4)35(9-2)47(53)54)26-42(57-7)44(45(43)60-41)58-21-18-48/h10-15,24-27,34-37H,8-9,16-23H2,1-7H3. The van der Waals surface area contributed by atoms with E-state index in [-0.39, 0.29) is 27.5 Å². The van der Waals surface area contributed by atoms with E-state index in [2.05, 4.69) is 0 Å². The summed E-state index contributed by atoms with van der Waals surface area (Å²) in [5.41, 5.74) is 5.53. The van der Waals surface area contributed by atoms with Crippen LogP contribution in [0.3, 0.4) is 0 Å². The van der Waals surface area contributed by atoms with Gasteiger partial charge in [0.25, 0.3) is 0 Å². The van der Waals surface area contributed by atoms with E-state index in [1.54, 1.807) is 21.3 Å². The molecule has 0 saturated heterocycles. The van der Waals surface area contributed by atoms with Crippen LogP contribution in [0.25, 0.3) is 0 Å². The SMILES string of the molecule is CCC(C(=O)[O-])[N+]1(C)CCc2cc(OC)c3cc2C1Cc1ccc(cc1)Oc1cc(ccc1OC)CC1c2c(cc(OC)c(OCCCl)c2O3)CC[N+]1(C)C(CC)C(=O)[O-]. The normalized spacial score (nSPS) is 22.7. The Kier molecular flexibility index (Phi) is 12.5. The number of rotatable bonds is 12. The molecule has 4 aliphatic rings. The first kappa shape index (κ1) is 42.9. The number of alkyl halides is 1. The third kappa shape index (κ3) is 7.69. The molecule has 60 heavy (non-hydrogen) atoms. The molecule has 6 atom stereocenters. The van der Waals surface area contributed by atoms with Gasteiger partial charge in [-0.05, 0) is 64.7 Å². The zero-order valence-electron chi connectivity index (χ0n) is 35.5. The first-order valence-corrected chi connectivity index (χ1v) is 21.2. The molecule has 0 spiro atoms. The van der Waals surface area contributed by atoms with Crippen LogP contribution in [0.15, 0.2) is 60.7 Å². The minimum absolute atomic E-state index is 0.119. The van der Waals surface area contributed by atoms with Crippen molar-refractivity contribution in [2.75, 3.05) is 61.0 Å². The smallest absolute Gasteiger partial charge is 0.204 e. The molecule has 0 saturated carbocycles. The largest absolute Gasteiger partial charge is 0.544 e. The number of hydrogen-bond acceptors (Lipinski definition) is 10. The van der Waals surface area contributed by atoms with Crippen LogP contribution >= 0.6 is 11.6 Å². The molecule has 4 aromatic carbocycles. The third-order valence-corrected chi connectivity index (χ3v) is 13.5. The molecule has 12 nitrogen and oxygen atoms in total. The van der Waals surface area contributed by atoms with Gasteiger partial charge in [-0.3, -0.25) is 0 Å². The van der Waals surface area contributed by atoms with E-state index in [4.69, 9.17) is 40.0 Å². The molecule has 0 amide bonds. The van der Waals surface area contributed by atoms with Crippen molar-refractivity contribution >= 4 is 23.5 Å². The predicted molar refractivity (Wildman–Crippen MR) is 222 cm³/mol. The maximum absolute atomic E-state index is 13.1. The highest BCUT2D eigenvalue weighted by atomic mass is 35.5. The van der Waals surface area contributed by atoms with Crippen molar-refractivity contribution in [3.63, 3.8) is 0 Å². The van der Waals surface area contributed by atoms with Crippen LogP contribution in [0.2, 0.25) is 0 Å². The molecule has 0 aliphatic carbocycles. The minimum Gasteiger partial charge on any atom is -0.544 e. The van der Waals surface area contributed by atoms with Gasteiger partial charge in [0, 0.05) is 44.1 Å². The van der Waals surface area contributed by atoms with Gasteiger partial charge in [0.1, 0.15) is 36.5 Å². The maximum atomic E-state index is 13.1. The summed E-state index contributed by atoms with van der Waals surface area (Å²) in [5.74, 6) is 1.60. The van der Waals surface area contributed by atoms with Gasteiger partial charge in [0.2, 0.25) is 5.75 Å². The van der Waals surface area contributed by atoms with Gasteiger partial charge in [-0.1, -0.05) is 32.0 Å². The number of quaternary nitrogens is 2. The van der Waals surface area contributed by atoms with Gasteiger partial charge in [-0.2, -0.15) is 0 Å². The average molecular weight is 843 g/mol. The first-order chi connectivity index (χ1) is 28.8. The summed E-state index contributed by atoms with van der Waals surface area (Å²) >= 11 is 6.25. The molecule has 6 unspecified atom stereocenters. The van der Waals surface area contributed by atoms with E-state index in [0.29, 0.717) is 97.6 Å². The quantitative estimate of drug-likeness (QED) is 0.126. The number of aliphatic carboxylic acids is 2. The summed E-state index contributed by atoms with van der Waals surface area (Å²) in [6.45, 7) is 4.96. The molecule has 0 aromatic heterocycles. The van der Waals surface area contributed by atoms with E-state index in [0.717, 1.165) is 33.4 Å². The molecule has 4 heterocycles. The fourth-order valence-electron chi connectivity index (χ4n) is 10.1. The third-order valence-electron chi connectivity index (χ3n) is 13.3. The van der Waals surface area contributed by atoms with Crippen molar-refractivity contribution in [3.8, 4) is 46.0 Å². The van der Waals surface area contributed by atoms with Crippen LogP contribution in [0, 0.1) is 0 Å². The summed E-state index contributed by atoms with van der Waals surface area (Å²) < 4.78 is 38.3. The van der Waals surface area contributed by atoms with Crippen molar-refractivity contribution in [2.45, 2.75) is 76.5 Å². The van der Waals surface area contributed by atoms with Crippen molar-refractivity contribution in [2.24, 2.45) is 0 Å². The number of methoxy groups -OCH3 is 3. The number of carboxylic acid groups (broad SMARTS) is 2. The Morgan fingerprint density at radius 3 is 1.90 bits per heavy atom. The second-order valence-electron chi connectivity index (χ2n) is 16.4. The predicted octanol–water partition coefficient (Wildman–Crippen LogP) is 5.86. The molecule has 0 fully saturated rings. The minimum atomic E-state index is -1.13. The van der Waals surface area contributed by atoms with E-state index < -0.39 is 30.1 Å². The van der Waals surface area contributed by atoms with Crippen LogP contribution in [0.4, 0.5) is 0 Å². The number of carbonyl (C=O) groups is 2. The molecule has 4 aromatic rings. The summed E-state index contributed by atoms with van der Waals surface area (Å²) in [6, 6.07) is 17.1. The van der Waals surface area contributed by atoms with Crippen LogP contribution < -0.4 is 38.6 Å². The van der Waals surface area contributed by atoms with Crippen molar-refractivity contribution in [3.05, 3.63) is 94.0 Å². The lowest BCUT2D eigenvalue weighted by molar-refractivity contribution is -0.958. The van der Waals surface area contributed by atoms with Gasteiger partial charge in [0.15, 0.2) is 34.5 Å². The molecule has 13 heteroatoms. The van der Waals surface area contributed by atoms with E-state index in [1.807, 2.05) is 88.6 Å². The second kappa shape index (κ2) is 17.4. The second-order valence-corrected chi connectivity index (χ2v) is 16.8. The monoisotopic (exact) mass is 842 g/mol. The number of carboxylic acids is 2. The molecule has 320 valence electrons. The van der Waals surface area contributed by atoms with E-state index in [9.17, 15) is 19.8 Å². The van der Waals surface area contributed by atoms with Crippen molar-refractivity contribution in [1.82, 2.24) is 0 Å². The summed E-state index contributed by atoms with van der Waals surface area (Å²) in [4.78, 5) is 25.9. The number of halogens is 1. The number of ether oxygens (including phenoxy) is 6. The summed E-state index contributed by atoms with van der Waals surface area (Å²) in [6.07, 6.45) is 2.73. The maximum Gasteiger partial charge on any atom is 0.204 e. The van der Waals surface area contributed by atoms with E-state index >= 15 is 0 Å². The van der Waals surface area contributed by atoms with Crippen LogP contribution in [-0.2, 0) is 35.3 Å². The highest BCUT2D eigenvalue weighted by Gasteiger charge is 2.49. The zero-order valence-corrected chi connectivity index (χ0v) is 36.3. The average Bonchev–Trinajstić information content (AvgIpc) is 3.23. The summed E-state index contributed by atoms with van der Waals surface area (Å²) in [5, 5.41) is 25.9. The fraction of sp³-hybridized carbons (Fsp3) is 0.447. The molecule has 0 N–H and O–H groups in total. The lowest BCUT2D eigenvalue weighted by atomic mass is 9.83. The van der Waals surface area contributed by atoms with Crippen LogP contribution in [0.1, 0.15) is 72.2 Å². The molecular formula is C47H55ClN2O10. The van der Waals surface area contributed by atoms with Gasteiger partial charge in [-0.15, -0.1) is 11.6 Å². The lowest BCUT2D eigenvalue weighted by Crippen LogP contribution is -2.63. The number of fused-ring (bicyclic) bond motifs is 2. The van der Waals surface area contributed by atoms with Crippen LogP contribution in [-0.4, -0.2) is 94.0 Å². The first-order valence-electron chi connectivity index (χ1n) is 20.7. The molecule has 4 aliphatic heterocycles. The number of hydrogen-bond donors (Lipinski definition) is 0. The number of likely N-dealkylation sites (N-methyl/N-ethyl adjacent to an activating group) is 2. The van der Waals surface area contributed by atoms with Crippen LogP contribution in [0.5, 0.6) is 46.0 Å². The van der Waals surface area contributed by atoms with Gasteiger partial charge < -0.3 is 57.2 Å². The Morgan fingerprint density at radius 2 is 1.30 bits per heavy atom. The van der Waals surface area contributed by atoms with Gasteiger partial charge in [-0.25, -0.2) is 0 Å². The Labute approximate surface area is 357 Å². The highest BCUT2D eigenvalue weighted by Crippen LogP contribution is 2.54. The molecule has 6 bridgehead atoms. The summed E-state index contributed by atoms with van der Waals surface area (Å²) in [7, 11) is 8.74. The Hall–Kier alpha value is -5.17. The lowest BCUT2D eigenvalue weighted by Gasteiger charge is -2.51. The van der Waals surface area contributed by atoms with Crippen molar-refractivity contribution < 1.29 is 57.2 Å². The van der Waals surface area contributed by atoms with E-state index in [1.165, 1.54) is 0 Å². The molecular weight excluding hydrogens is 788 g/mol. The Balaban J connectivity index is 1.56. The Bertz CT molecular complexity index is 2250. The topological polar surface area (TPSA) is 136 Å². The molecule has 8 rings (SSSR count). The number of benzene rings is 4.